The van der Waals surface area contributed by atoms with Gasteiger partial charge in [-0.25, -0.2) is 0 Å². The minimum atomic E-state index is 0.435. The van der Waals surface area contributed by atoms with Gasteiger partial charge in [0, 0.05) is 17.7 Å². The van der Waals surface area contributed by atoms with Crippen LogP contribution in [0, 0.1) is 4.77 Å². The summed E-state index contributed by atoms with van der Waals surface area (Å²) in [7, 11) is 0. The third-order valence-electron chi connectivity index (χ3n) is 2.71. The summed E-state index contributed by atoms with van der Waals surface area (Å²) in [6.45, 7) is 5.33. The number of hydrogen-bond acceptors (Lipinski definition) is 3. The van der Waals surface area contributed by atoms with Gasteiger partial charge >= 0.3 is 0 Å². The van der Waals surface area contributed by atoms with E-state index in [9.17, 15) is 0 Å². The number of aromatic amines is 1. The van der Waals surface area contributed by atoms with Gasteiger partial charge in [-0.1, -0.05) is 13.8 Å². The van der Waals surface area contributed by atoms with E-state index in [1.807, 2.05) is 0 Å². The van der Waals surface area contributed by atoms with E-state index in [-0.39, 0.29) is 0 Å². The third-order valence-corrected chi connectivity index (χ3v) is 4.41. The van der Waals surface area contributed by atoms with Gasteiger partial charge in [-0.2, -0.15) is 16.9 Å². The maximum atomic E-state index is 5.26. The molecule has 1 aliphatic heterocycles. The van der Waals surface area contributed by atoms with Gasteiger partial charge in [-0.05, 0) is 30.8 Å². The van der Waals surface area contributed by atoms with Crippen LogP contribution in [0.25, 0.3) is 0 Å². The number of nitrogens with zero attached hydrogens (tertiary/aromatic N) is 2. The summed E-state index contributed by atoms with van der Waals surface area (Å²) in [5.41, 5.74) is 0. The van der Waals surface area contributed by atoms with Gasteiger partial charge in [-0.15, -0.1) is 0 Å². The normalized spacial score (nSPS) is 21.4. The van der Waals surface area contributed by atoms with Gasteiger partial charge in [0.15, 0.2) is 4.77 Å². The molecule has 5 heteroatoms. The smallest absolute Gasteiger partial charge is 0.195 e. The molecule has 0 aromatic carbocycles. The van der Waals surface area contributed by atoms with Crippen LogP contribution in [0.1, 0.15) is 38.4 Å². The summed E-state index contributed by atoms with van der Waals surface area (Å²) < 4.78 is 2.94. The van der Waals surface area contributed by atoms with Crippen LogP contribution in [-0.4, -0.2) is 25.8 Å². The maximum absolute atomic E-state index is 5.26. The van der Waals surface area contributed by atoms with Crippen LogP contribution in [-0.2, 0) is 6.54 Å². The number of hydrogen-bond donors (Lipinski definition) is 1. The Kier molecular flexibility index (Phi) is 3.51. The highest BCUT2D eigenvalue weighted by Crippen LogP contribution is 2.28. The Morgan fingerprint density at radius 3 is 3.07 bits per heavy atom. The largest absolute Gasteiger partial charge is 0.303 e. The van der Waals surface area contributed by atoms with Crippen LogP contribution in [0.5, 0.6) is 0 Å². The molecule has 1 aromatic rings. The number of thioether (sulfide) groups is 1. The van der Waals surface area contributed by atoms with Crippen LogP contribution in [0.15, 0.2) is 0 Å². The first-order valence-electron chi connectivity index (χ1n) is 5.45. The Morgan fingerprint density at radius 2 is 2.47 bits per heavy atom. The lowest BCUT2D eigenvalue weighted by Gasteiger charge is -2.13. The average Bonchev–Trinajstić information content (AvgIpc) is 2.78. The summed E-state index contributed by atoms with van der Waals surface area (Å²) in [5.74, 6) is 2.82. The molecule has 2 heterocycles. The second-order valence-electron chi connectivity index (χ2n) is 4.29. The highest BCUT2D eigenvalue weighted by atomic mass is 32.2. The zero-order valence-electron chi connectivity index (χ0n) is 9.19. The van der Waals surface area contributed by atoms with E-state index in [0.717, 1.165) is 22.4 Å². The first-order valence-corrected chi connectivity index (χ1v) is 6.91. The predicted octanol–water partition coefficient (Wildman–Crippen LogP) is 2.96. The Morgan fingerprint density at radius 1 is 1.67 bits per heavy atom. The molecule has 84 valence electrons. The van der Waals surface area contributed by atoms with Gasteiger partial charge in [0.2, 0.25) is 0 Å². The Labute approximate surface area is 99.7 Å². The monoisotopic (exact) mass is 243 g/mol. The van der Waals surface area contributed by atoms with Crippen molar-refractivity contribution >= 4 is 24.0 Å². The molecule has 1 unspecified atom stereocenters. The van der Waals surface area contributed by atoms with Crippen molar-refractivity contribution in [1.82, 2.24) is 14.8 Å². The highest BCUT2D eigenvalue weighted by molar-refractivity contribution is 8.00. The van der Waals surface area contributed by atoms with Crippen molar-refractivity contribution < 1.29 is 0 Å². The van der Waals surface area contributed by atoms with Crippen molar-refractivity contribution in [2.75, 3.05) is 5.75 Å². The fraction of sp³-hybridized carbons (Fsp3) is 0.800. The molecule has 0 bridgehead atoms. The molecule has 0 amide bonds. The van der Waals surface area contributed by atoms with E-state index in [4.69, 9.17) is 12.2 Å². The molecule has 15 heavy (non-hydrogen) atoms. The van der Waals surface area contributed by atoms with E-state index < -0.39 is 0 Å². The van der Waals surface area contributed by atoms with E-state index >= 15 is 0 Å². The quantitative estimate of drug-likeness (QED) is 0.829. The lowest BCUT2D eigenvalue weighted by molar-refractivity contribution is 0.585. The third kappa shape index (κ3) is 2.45. The van der Waals surface area contributed by atoms with Crippen LogP contribution in [0.3, 0.4) is 0 Å². The summed E-state index contributed by atoms with van der Waals surface area (Å²) in [4.78, 5) is 0. The number of H-pyrrole nitrogens is 1. The Hall–Kier alpha value is -0.290. The standard InChI is InChI=1S/C10H17N3S2/c1-7(2)9-11-12-10(14)13(9)6-8-4-3-5-15-8/h7-8H,3-6H2,1-2H3,(H,12,14). The van der Waals surface area contributed by atoms with Crippen LogP contribution < -0.4 is 0 Å². The van der Waals surface area contributed by atoms with Crippen molar-refractivity contribution in [2.45, 2.75) is 44.4 Å². The van der Waals surface area contributed by atoms with Gasteiger partial charge in [-0.3, -0.25) is 5.10 Å². The second kappa shape index (κ2) is 4.70. The minimum Gasteiger partial charge on any atom is -0.303 e. The molecule has 1 atom stereocenters. The molecule has 1 aromatic heterocycles. The zero-order valence-corrected chi connectivity index (χ0v) is 10.8. The SMILES string of the molecule is CC(C)c1n[nH]c(=S)n1CC1CCCS1. The Bertz CT molecular complexity index is 374. The van der Waals surface area contributed by atoms with Crippen molar-refractivity contribution in [3.8, 4) is 0 Å². The van der Waals surface area contributed by atoms with Gasteiger partial charge in [0.25, 0.3) is 0 Å². The summed E-state index contributed by atoms with van der Waals surface area (Å²) >= 11 is 7.32. The van der Waals surface area contributed by atoms with Crippen LogP contribution in [0.2, 0.25) is 0 Å². The lowest BCUT2D eigenvalue weighted by atomic mass is 10.2. The van der Waals surface area contributed by atoms with Gasteiger partial charge in [0.1, 0.15) is 5.82 Å². The fourth-order valence-electron chi connectivity index (χ4n) is 1.94. The average molecular weight is 243 g/mol. The molecule has 0 saturated carbocycles. The highest BCUT2D eigenvalue weighted by Gasteiger charge is 2.19. The topological polar surface area (TPSA) is 33.6 Å². The van der Waals surface area contributed by atoms with E-state index in [1.165, 1.54) is 18.6 Å². The summed E-state index contributed by atoms with van der Waals surface area (Å²) in [6.07, 6.45) is 2.66. The molecule has 1 aliphatic rings. The van der Waals surface area contributed by atoms with Crippen LogP contribution >= 0.6 is 24.0 Å². The molecule has 0 radical (unpaired) electrons. The van der Waals surface area contributed by atoms with E-state index in [0.29, 0.717) is 5.92 Å². The number of aromatic nitrogens is 3. The Balaban J connectivity index is 2.18. The van der Waals surface area contributed by atoms with Crippen LogP contribution in [0.4, 0.5) is 0 Å². The van der Waals surface area contributed by atoms with E-state index in [1.54, 1.807) is 0 Å². The first kappa shape index (κ1) is 11.2. The van der Waals surface area contributed by atoms with Gasteiger partial charge < -0.3 is 4.57 Å². The zero-order chi connectivity index (χ0) is 10.8. The molecule has 0 aliphatic carbocycles. The van der Waals surface area contributed by atoms with Crippen molar-refractivity contribution in [3.63, 3.8) is 0 Å². The maximum Gasteiger partial charge on any atom is 0.195 e. The second-order valence-corrected chi connectivity index (χ2v) is 6.08. The molecule has 1 fully saturated rings. The predicted molar refractivity (Wildman–Crippen MR) is 67.0 cm³/mol. The van der Waals surface area contributed by atoms with Crippen molar-refractivity contribution in [3.05, 3.63) is 10.6 Å². The molecule has 1 saturated heterocycles. The summed E-state index contributed by atoms with van der Waals surface area (Å²) in [5, 5.41) is 7.92. The fourth-order valence-corrected chi connectivity index (χ4v) is 3.41. The molecular formula is C10H17N3S2. The van der Waals surface area contributed by atoms with Gasteiger partial charge in [0.05, 0.1) is 0 Å². The lowest BCUT2D eigenvalue weighted by Crippen LogP contribution is -2.13. The van der Waals surface area contributed by atoms with Crippen molar-refractivity contribution in [1.29, 1.82) is 0 Å². The summed E-state index contributed by atoms with van der Waals surface area (Å²) in [6, 6.07) is 0. The number of rotatable bonds is 3. The molecule has 1 N–H and O–H groups in total. The molecule has 0 spiro atoms. The molecule has 2 rings (SSSR count). The molecular weight excluding hydrogens is 226 g/mol. The minimum absolute atomic E-state index is 0.435. The number of nitrogens with one attached hydrogen (secondary N) is 1. The first-order chi connectivity index (χ1) is 7.18. The van der Waals surface area contributed by atoms with E-state index in [2.05, 4.69) is 40.4 Å². The van der Waals surface area contributed by atoms with Crippen molar-refractivity contribution in [2.24, 2.45) is 0 Å². The molecule has 3 nitrogen and oxygen atoms in total.